The highest BCUT2D eigenvalue weighted by molar-refractivity contribution is 9.10. The van der Waals surface area contributed by atoms with Gasteiger partial charge in [0.1, 0.15) is 11.6 Å². The predicted molar refractivity (Wildman–Crippen MR) is 201 cm³/mol. The lowest BCUT2D eigenvalue weighted by Gasteiger charge is -2.40. The lowest BCUT2D eigenvalue weighted by atomic mass is 9.86. The third-order valence-electron chi connectivity index (χ3n) is 9.32. The molecule has 2 saturated carbocycles. The topological polar surface area (TPSA) is 262 Å². The van der Waals surface area contributed by atoms with Crippen molar-refractivity contribution in [2.45, 2.75) is 130 Å². The van der Waals surface area contributed by atoms with Gasteiger partial charge in [-0.3, -0.25) is 18.5 Å². The van der Waals surface area contributed by atoms with E-state index in [2.05, 4.69) is 58.4 Å². The van der Waals surface area contributed by atoms with E-state index in [0.717, 1.165) is 0 Å². The Morgan fingerprint density at radius 1 is 0.962 bits per heavy atom. The summed E-state index contributed by atoms with van der Waals surface area (Å²) in [5, 5.41) is 26.4. The van der Waals surface area contributed by atoms with Crippen LogP contribution in [-0.4, -0.2) is 117 Å². The van der Waals surface area contributed by atoms with Crippen molar-refractivity contribution in [2.24, 2.45) is 10.2 Å². The molecule has 22 heteroatoms. The molecule has 0 aliphatic heterocycles. The molecular formula is C30H49Br2N7O10S3. The maximum Gasteiger partial charge on any atom is 0.267 e. The number of unbranched alkanes of at least 4 members (excludes halogenated alkanes) is 2. The Hall–Kier alpha value is -1.58. The Morgan fingerprint density at radius 2 is 1.50 bits per heavy atom. The van der Waals surface area contributed by atoms with Gasteiger partial charge in [-0.25, -0.2) is 4.68 Å². The fraction of sp³-hybridized carbons (Fsp3) is 0.833. The molecule has 0 saturated heterocycles. The van der Waals surface area contributed by atoms with Crippen molar-refractivity contribution in [1.82, 2.24) is 20.0 Å². The summed E-state index contributed by atoms with van der Waals surface area (Å²) >= 11 is 7.19. The highest BCUT2D eigenvalue weighted by atomic mass is 79.9. The number of amides is 1. The van der Waals surface area contributed by atoms with Crippen molar-refractivity contribution in [3.8, 4) is 6.07 Å². The van der Waals surface area contributed by atoms with Gasteiger partial charge in [0.2, 0.25) is 5.91 Å². The Kier molecular flexibility index (Phi) is 15.8. The summed E-state index contributed by atoms with van der Waals surface area (Å²) in [4.78, 5) is 13.5. The molecule has 5 atom stereocenters. The summed E-state index contributed by atoms with van der Waals surface area (Å²) in [6.07, 6.45) is 2.99. The molecule has 2 aliphatic rings. The molecule has 17 nitrogen and oxygen atoms in total. The highest BCUT2D eigenvalue weighted by Crippen LogP contribution is 2.44. The zero-order valence-corrected chi connectivity index (χ0v) is 35.2. The number of alkyl halides is 2. The first kappa shape index (κ1) is 44.8. The van der Waals surface area contributed by atoms with Crippen LogP contribution in [0.15, 0.2) is 10.2 Å². The number of nitrogens with zero attached hydrogens (tertiary/aromatic N) is 6. The summed E-state index contributed by atoms with van der Waals surface area (Å²) in [6, 6.07) is 0.620. The fourth-order valence-electron chi connectivity index (χ4n) is 6.83. The number of carbonyl (C=O) groups excluding carboxylic acids is 1. The molecule has 2 aliphatic carbocycles. The molecule has 1 heterocycles. The molecule has 0 radical (unpaired) electrons. The van der Waals surface area contributed by atoms with Crippen molar-refractivity contribution < 1.29 is 43.7 Å². The number of nitriles is 1. The zero-order valence-electron chi connectivity index (χ0n) is 29.6. The molecule has 0 spiro atoms. The number of hydrogen-bond acceptors (Lipinski definition) is 12. The van der Waals surface area contributed by atoms with Gasteiger partial charge in [-0.1, -0.05) is 52.6 Å². The maximum absolute atomic E-state index is 12.4. The molecule has 52 heavy (non-hydrogen) atoms. The number of azo groups is 1. The predicted octanol–water partition coefficient (Wildman–Crippen LogP) is 4.32. The van der Waals surface area contributed by atoms with Crippen LogP contribution < -0.4 is 5.32 Å². The minimum absolute atomic E-state index is 0.0888. The van der Waals surface area contributed by atoms with E-state index in [1.807, 2.05) is 20.8 Å². The monoisotopic (exact) mass is 921 g/mol. The van der Waals surface area contributed by atoms with E-state index in [0.29, 0.717) is 50.9 Å². The molecule has 1 aromatic heterocycles. The van der Waals surface area contributed by atoms with Crippen molar-refractivity contribution in [2.75, 3.05) is 24.6 Å². The SMILES string of the molecule is CC(=O)NC1CC(N(CCCCS(=O)(=O)O)CCCCS(=O)(=O)O)CCC1N=Nc1c(C#N)c(C(C)(C)C)nn1C1C(Br)CC(S(=O)(=O)O)CC1Br. The highest BCUT2D eigenvalue weighted by Gasteiger charge is 2.44. The molecule has 2 fully saturated rings. The van der Waals surface area contributed by atoms with Crippen LogP contribution in [0, 0.1) is 11.3 Å². The average Bonchev–Trinajstić information content (AvgIpc) is 3.36. The van der Waals surface area contributed by atoms with Gasteiger partial charge in [-0.2, -0.15) is 40.7 Å². The van der Waals surface area contributed by atoms with E-state index >= 15 is 0 Å². The van der Waals surface area contributed by atoms with Gasteiger partial charge in [0, 0.05) is 28.0 Å². The van der Waals surface area contributed by atoms with Gasteiger partial charge in [-0.05, 0) is 70.9 Å². The maximum atomic E-state index is 12.4. The van der Waals surface area contributed by atoms with Crippen LogP contribution in [0.1, 0.15) is 103 Å². The van der Waals surface area contributed by atoms with Crippen molar-refractivity contribution >= 4 is 73.9 Å². The van der Waals surface area contributed by atoms with Crippen LogP contribution in [0.3, 0.4) is 0 Å². The standard InChI is InChI=1S/C30H49Br2N7O10S3/c1-19(40)34-26-15-20(38(11-5-7-13-50(41,42)43)12-6-8-14-51(44,45)46)9-10-25(26)35-36-29-22(18-33)28(30(2,3)4)37-39(29)27-23(31)16-21(17-24(27)32)52(47,48)49/h20-21,23-27H,5-17H2,1-4H3,(H,34,40)(H,41,42,43)(H,44,45,46)(H,47,48,49). The van der Waals surface area contributed by atoms with Gasteiger partial charge in [0.25, 0.3) is 30.4 Å². The molecule has 0 bridgehead atoms. The van der Waals surface area contributed by atoms with Crippen molar-refractivity contribution in [3.05, 3.63) is 11.3 Å². The molecule has 1 amide bonds. The van der Waals surface area contributed by atoms with Crippen LogP contribution in [0.25, 0.3) is 0 Å². The van der Waals surface area contributed by atoms with Crippen LogP contribution in [-0.2, 0) is 40.6 Å². The lowest BCUT2D eigenvalue weighted by molar-refractivity contribution is -0.120. The lowest BCUT2D eigenvalue weighted by Crippen LogP contribution is -2.51. The van der Waals surface area contributed by atoms with E-state index in [1.54, 1.807) is 4.68 Å². The number of nitrogens with one attached hydrogen (secondary N) is 1. The van der Waals surface area contributed by atoms with Gasteiger partial charge in [0.15, 0.2) is 5.82 Å². The molecule has 4 N–H and O–H groups in total. The fourth-order valence-corrected chi connectivity index (χ4v) is 11.9. The number of rotatable bonds is 16. The summed E-state index contributed by atoms with van der Waals surface area (Å²) in [5.41, 5.74) is 0.109. The van der Waals surface area contributed by atoms with E-state index in [-0.39, 0.29) is 49.0 Å². The normalized spacial score (nSPS) is 26.4. The van der Waals surface area contributed by atoms with E-state index in [9.17, 15) is 39.9 Å². The Morgan fingerprint density at radius 3 is 1.94 bits per heavy atom. The molecule has 296 valence electrons. The number of halogens is 2. The minimum atomic E-state index is -4.31. The smallest absolute Gasteiger partial charge is 0.267 e. The summed E-state index contributed by atoms with van der Waals surface area (Å²) in [7, 11) is -12.6. The molecule has 0 aromatic carbocycles. The van der Waals surface area contributed by atoms with Gasteiger partial charge in [0.05, 0.1) is 40.6 Å². The van der Waals surface area contributed by atoms with Crippen LogP contribution in [0.5, 0.6) is 0 Å². The Balaban J connectivity index is 1.93. The molecule has 1 aromatic rings. The largest absolute Gasteiger partial charge is 0.351 e. The summed E-state index contributed by atoms with van der Waals surface area (Å²) in [6.45, 7) is 7.99. The number of carbonyl (C=O) groups is 1. The molecular weight excluding hydrogens is 874 g/mol. The second-order valence-electron chi connectivity index (χ2n) is 14.6. The van der Waals surface area contributed by atoms with Crippen molar-refractivity contribution in [3.63, 3.8) is 0 Å². The summed E-state index contributed by atoms with van der Waals surface area (Å²) < 4.78 is 98.7. The quantitative estimate of drug-likeness (QED) is 0.0781. The van der Waals surface area contributed by atoms with Gasteiger partial charge in [-0.15, -0.1) is 5.11 Å². The Labute approximate surface area is 323 Å². The van der Waals surface area contributed by atoms with Gasteiger partial charge >= 0.3 is 0 Å². The first-order valence-electron chi connectivity index (χ1n) is 17.0. The second kappa shape index (κ2) is 18.4. The van der Waals surface area contributed by atoms with Crippen LogP contribution in [0.4, 0.5) is 5.82 Å². The van der Waals surface area contributed by atoms with E-state index in [4.69, 9.17) is 14.2 Å². The first-order valence-corrected chi connectivity index (χ1v) is 23.6. The third kappa shape index (κ3) is 13.3. The minimum Gasteiger partial charge on any atom is -0.351 e. The van der Waals surface area contributed by atoms with Crippen molar-refractivity contribution in [1.29, 1.82) is 5.26 Å². The molecule has 3 rings (SSSR count). The second-order valence-corrected chi connectivity index (χ2v) is 21.8. The molecule has 5 unspecified atom stereocenters. The number of aromatic nitrogens is 2. The van der Waals surface area contributed by atoms with Crippen LogP contribution in [0.2, 0.25) is 0 Å². The summed E-state index contributed by atoms with van der Waals surface area (Å²) in [5.74, 6) is -0.898. The van der Waals surface area contributed by atoms with E-state index in [1.165, 1.54) is 6.92 Å². The zero-order chi connectivity index (χ0) is 39.2. The Bertz CT molecular complexity index is 1760. The third-order valence-corrected chi connectivity index (χ3v) is 14.0. The number of hydrogen-bond donors (Lipinski definition) is 4. The van der Waals surface area contributed by atoms with E-state index < -0.39 is 80.3 Å². The van der Waals surface area contributed by atoms with Gasteiger partial charge < -0.3 is 10.2 Å². The van der Waals surface area contributed by atoms with Crippen LogP contribution >= 0.6 is 31.9 Å². The first-order chi connectivity index (χ1) is 23.9. The average molecular weight is 924 g/mol.